The molecular formula is C23H32BrNO4. The number of para-hydroxylation sites is 2. The van der Waals surface area contributed by atoms with Crippen molar-refractivity contribution in [3.05, 3.63) is 59.7 Å². The van der Waals surface area contributed by atoms with Gasteiger partial charge in [0.2, 0.25) is 0 Å². The van der Waals surface area contributed by atoms with Gasteiger partial charge in [-0.2, -0.15) is 0 Å². The van der Waals surface area contributed by atoms with Gasteiger partial charge in [0, 0.05) is 11.1 Å². The molecule has 0 fully saturated rings. The summed E-state index contributed by atoms with van der Waals surface area (Å²) in [7, 11) is 2.20. The summed E-state index contributed by atoms with van der Waals surface area (Å²) < 4.78 is 6.62. The summed E-state index contributed by atoms with van der Waals surface area (Å²) in [6, 6.07) is 15.4. The zero-order valence-electron chi connectivity index (χ0n) is 17.8. The van der Waals surface area contributed by atoms with E-state index in [1.54, 1.807) is 36.4 Å². The van der Waals surface area contributed by atoms with E-state index in [4.69, 9.17) is 9.84 Å². The van der Waals surface area contributed by atoms with Crippen LogP contribution in [0.4, 0.5) is 0 Å². The summed E-state index contributed by atoms with van der Waals surface area (Å²) in [4.78, 5) is 11.3. The summed E-state index contributed by atoms with van der Waals surface area (Å²) in [5.41, 5.74) is 1.29. The Bertz CT molecular complexity index is 753. The zero-order valence-corrected chi connectivity index (χ0v) is 19.5. The molecule has 1 aliphatic heterocycles. The lowest BCUT2D eigenvalue weighted by Crippen LogP contribution is -2.55. The average Bonchev–Trinajstić information content (AvgIpc) is 2.66. The minimum atomic E-state index is -1.10. The first-order valence-corrected chi connectivity index (χ1v) is 9.74. The van der Waals surface area contributed by atoms with Crippen molar-refractivity contribution in [3.63, 3.8) is 0 Å². The minimum Gasteiger partial charge on any atom is -0.549 e. The van der Waals surface area contributed by atoms with E-state index in [0.29, 0.717) is 34.7 Å². The SMILES string of the molecule is Br.CC(C)[N+](C)(CCO)C(C)C.O=C([O-])C1c2ccccc2Oc2ccccc21. The average molecular weight is 466 g/mol. The topological polar surface area (TPSA) is 69.6 Å². The number of hydrogen-bond acceptors (Lipinski definition) is 4. The van der Waals surface area contributed by atoms with E-state index < -0.39 is 11.9 Å². The fourth-order valence-electron chi connectivity index (χ4n) is 3.49. The van der Waals surface area contributed by atoms with Gasteiger partial charge in [-0.25, -0.2) is 0 Å². The van der Waals surface area contributed by atoms with Crippen LogP contribution in [-0.2, 0) is 4.79 Å². The molecule has 0 saturated heterocycles. The second-order valence-corrected chi connectivity index (χ2v) is 7.91. The molecule has 1 N–H and O–H groups in total. The zero-order chi connectivity index (χ0) is 20.9. The van der Waals surface area contributed by atoms with E-state index in [2.05, 4.69) is 34.7 Å². The molecule has 0 bridgehead atoms. The van der Waals surface area contributed by atoms with Gasteiger partial charge in [0.25, 0.3) is 0 Å². The summed E-state index contributed by atoms with van der Waals surface area (Å²) >= 11 is 0. The Hall–Kier alpha value is -1.89. The van der Waals surface area contributed by atoms with Crippen molar-refractivity contribution in [2.45, 2.75) is 45.7 Å². The van der Waals surface area contributed by atoms with Gasteiger partial charge in [0.05, 0.1) is 37.6 Å². The number of benzene rings is 2. The van der Waals surface area contributed by atoms with Crippen LogP contribution in [0.1, 0.15) is 44.7 Å². The number of halogens is 1. The van der Waals surface area contributed by atoms with Crippen LogP contribution < -0.4 is 9.84 Å². The van der Waals surface area contributed by atoms with Gasteiger partial charge in [0.15, 0.2) is 0 Å². The maximum absolute atomic E-state index is 11.3. The lowest BCUT2D eigenvalue weighted by molar-refractivity contribution is -0.949. The van der Waals surface area contributed by atoms with Gasteiger partial charge in [-0.15, -0.1) is 17.0 Å². The molecule has 6 heteroatoms. The van der Waals surface area contributed by atoms with Crippen LogP contribution in [0.25, 0.3) is 0 Å². The molecule has 0 amide bonds. The molecule has 0 aliphatic carbocycles. The fourth-order valence-corrected chi connectivity index (χ4v) is 3.49. The number of quaternary nitrogens is 1. The van der Waals surface area contributed by atoms with Crippen LogP contribution in [0.5, 0.6) is 11.5 Å². The highest BCUT2D eigenvalue weighted by Gasteiger charge is 2.28. The number of aliphatic hydroxyl groups is 1. The van der Waals surface area contributed by atoms with Gasteiger partial charge in [-0.3, -0.25) is 0 Å². The van der Waals surface area contributed by atoms with E-state index in [9.17, 15) is 9.90 Å². The van der Waals surface area contributed by atoms with Crippen molar-refractivity contribution in [1.82, 2.24) is 0 Å². The highest BCUT2D eigenvalue weighted by atomic mass is 79.9. The second-order valence-electron chi connectivity index (χ2n) is 7.91. The first-order valence-electron chi connectivity index (χ1n) is 9.74. The number of carbonyl (C=O) groups is 1. The predicted octanol–water partition coefficient (Wildman–Crippen LogP) is 3.49. The normalized spacial score (nSPS) is 12.8. The standard InChI is InChI=1S/C14H10O3.C9H22NO.BrH/c15-14(16)13-9-5-1-3-7-11(9)17-12-8-4-2-6-10(12)13;1-8(2)10(5,6-7-11)9(3)4;/h1-8,13H,(H,15,16);8-9,11H,6-7H2,1-5H3;1H/q;+1;/p-1. The van der Waals surface area contributed by atoms with Crippen molar-refractivity contribution in [2.24, 2.45) is 0 Å². The predicted molar refractivity (Wildman–Crippen MR) is 119 cm³/mol. The summed E-state index contributed by atoms with van der Waals surface area (Å²) in [5.74, 6) is -0.690. The maximum atomic E-state index is 11.3. The maximum Gasteiger partial charge on any atom is 0.131 e. The third kappa shape index (κ3) is 5.59. The van der Waals surface area contributed by atoms with Crippen LogP contribution in [-0.4, -0.2) is 47.8 Å². The largest absolute Gasteiger partial charge is 0.549 e. The van der Waals surface area contributed by atoms with Crippen molar-refractivity contribution in [1.29, 1.82) is 0 Å². The molecule has 5 nitrogen and oxygen atoms in total. The molecule has 0 unspecified atom stereocenters. The molecule has 2 aromatic rings. The van der Waals surface area contributed by atoms with Crippen LogP contribution >= 0.6 is 17.0 Å². The van der Waals surface area contributed by atoms with Gasteiger partial charge in [0.1, 0.15) is 18.0 Å². The van der Waals surface area contributed by atoms with Crippen molar-refractivity contribution < 1.29 is 24.2 Å². The Labute approximate surface area is 184 Å². The Morgan fingerprint density at radius 3 is 1.72 bits per heavy atom. The van der Waals surface area contributed by atoms with Gasteiger partial charge in [-0.05, 0) is 39.8 Å². The van der Waals surface area contributed by atoms with E-state index in [1.807, 2.05) is 12.1 Å². The molecule has 0 atom stereocenters. The number of carboxylic acids is 1. The van der Waals surface area contributed by atoms with Crippen molar-refractivity contribution >= 4 is 23.0 Å². The Balaban J connectivity index is 0.000000310. The monoisotopic (exact) mass is 465 g/mol. The van der Waals surface area contributed by atoms with Crippen LogP contribution in [0.15, 0.2) is 48.5 Å². The van der Waals surface area contributed by atoms with E-state index in [-0.39, 0.29) is 23.6 Å². The van der Waals surface area contributed by atoms with Crippen LogP contribution in [0.3, 0.4) is 0 Å². The number of aliphatic hydroxyl groups excluding tert-OH is 1. The summed E-state index contributed by atoms with van der Waals surface area (Å²) in [6.45, 7) is 9.96. The third-order valence-corrected chi connectivity index (χ3v) is 5.86. The van der Waals surface area contributed by atoms with E-state index in [1.165, 1.54) is 0 Å². The highest BCUT2D eigenvalue weighted by molar-refractivity contribution is 8.93. The summed E-state index contributed by atoms with van der Waals surface area (Å²) in [6.07, 6.45) is 0. The number of rotatable bonds is 5. The quantitative estimate of drug-likeness (QED) is 0.685. The Kier molecular flexibility index (Phi) is 9.33. The Morgan fingerprint density at radius 2 is 1.41 bits per heavy atom. The minimum absolute atomic E-state index is 0. The molecule has 3 rings (SSSR count). The number of carboxylic acid groups (broad SMARTS) is 1. The van der Waals surface area contributed by atoms with Crippen molar-refractivity contribution in [2.75, 3.05) is 20.2 Å². The van der Waals surface area contributed by atoms with Gasteiger partial charge < -0.3 is 24.2 Å². The molecule has 1 aliphatic rings. The number of ether oxygens (including phenoxy) is 1. The molecule has 1 heterocycles. The molecule has 0 saturated carbocycles. The molecule has 0 radical (unpaired) electrons. The molecule has 160 valence electrons. The van der Waals surface area contributed by atoms with E-state index >= 15 is 0 Å². The number of fused-ring (bicyclic) bond motifs is 2. The lowest BCUT2D eigenvalue weighted by Gasteiger charge is -2.42. The third-order valence-electron chi connectivity index (χ3n) is 5.86. The van der Waals surface area contributed by atoms with E-state index in [0.717, 1.165) is 11.0 Å². The molecular weight excluding hydrogens is 434 g/mol. The van der Waals surface area contributed by atoms with Crippen LogP contribution in [0.2, 0.25) is 0 Å². The summed E-state index contributed by atoms with van der Waals surface area (Å²) in [5, 5.41) is 20.2. The van der Waals surface area contributed by atoms with Gasteiger partial charge in [-0.1, -0.05) is 36.4 Å². The molecule has 0 aromatic heterocycles. The number of likely N-dealkylation sites (N-methyl/N-ethyl adjacent to an activating group) is 1. The number of hydrogen-bond donors (Lipinski definition) is 1. The first-order chi connectivity index (χ1) is 13.2. The molecule has 0 spiro atoms. The van der Waals surface area contributed by atoms with Crippen molar-refractivity contribution in [3.8, 4) is 11.5 Å². The number of nitrogens with zero attached hydrogens (tertiary/aromatic N) is 1. The number of carbonyl (C=O) groups excluding carboxylic acids is 1. The van der Waals surface area contributed by atoms with Gasteiger partial charge >= 0.3 is 0 Å². The highest BCUT2D eigenvalue weighted by Crippen LogP contribution is 2.43. The first kappa shape index (κ1) is 25.1. The lowest BCUT2D eigenvalue weighted by atomic mass is 9.88. The van der Waals surface area contributed by atoms with Crippen LogP contribution in [0, 0.1) is 0 Å². The molecule has 29 heavy (non-hydrogen) atoms. The Morgan fingerprint density at radius 1 is 1.00 bits per heavy atom. The number of aliphatic carboxylic acids is 1. The fraction of sp³-hybridized carbons (Fsp3) is 0.435. The smallest absolute Gasteiger partial charge is 0.131 e. The molecule has 2 aromatic carbocycles. The second kappa shape index (κ2) is 10.8.